The first-order chi connectivity index (χ1) is 45.9. The number of nitrogens with one attached hydrogen (secondary N) is 4. The van der Waals surface area contributed by atoms with Gasteiger partial charge in [-0.2, -0.15) is 5.48 Å². The highest BCUT2D eigenvalue weighted by atomic mass is 127. The second-order valence-corrected chi connectivity index (χ2v) is 29.3. The number of para-hydroxylation sites is 1. The smallest absolute Gasteiger partial charge is 0.411 e. The van der Waals surface area contributed by atoms with E-state index in [2.05, 4.69) is 59.0 Å². The highest BCUT2D eigenvalue weighted by molar-refractivity contribution is 14.1. The van der Waals surface area contributed by atoms with Crippen LogP contribution in [-0.2, 0) is 52.3 Å². The fourth-order valence-electron chi connectivity index (χ4n) is 11.8. The summed E-state index contributed by atoms with van der Waals surface area (Å²) in [5, 5.41) is 66.8. The lowest BCUT2D eigenvalue weighted by molar-refractivity contribution is -0.336. The number of rotatable bonds is 28. The van der Waals surface area contributed by atoms with E-state index in [1.54, 1.807) is 51.7 Å². The lowest BCUT2D eigenvalue weighted by Gasteiger charge is -2.46. The number of allylic oxidation sites excluding steroid dienone is 3. The number of alkyl carbamates (subject to hydrolysis) is 1. The van der Waals surface area contributed by atoms with Crippen LogP contribution in [-0.4, -0.2) is 237 Å². The van der Waals surface area contributed by atoms with Crippen LogP contribution in [0.5, 0.6) is 23.0 Å². The van der Waals surface area contributed by atoms with E-state index in [0.29, 0.717) is 35.4 Å². The molecule has 9 N–H and O–H groups in total. The molecule has 2 aliphatic carbocycles. The summed E-state index contributed by atoms with van der Waals surface area (Å²) in [6, 6.07) is 8.25. The van der Waals surface area contributed by atoms with Crippen molar-refractivity contribution in [2.24, 2.45) is 0 Å². The highest BCUT2D eigenvalue weighted by Crippen LogP contribution is 2.49. The first-order valence-corrected chi connectivity index (χ1v) is 35.8. The summed E-state index contributed by atoms with van der Waals surface area (Å²) in [5.74, 6) is 12.2. The second kappa shape index (κ2) is 35.8. The third kappa shape index (κ3) is 19.0. The Morgan fingerprint density at radius 1 is 0.865 bits per heavy atom. The lowest BCUT2D eigenvalue weighted by Crippen LogP contribution is -2.65. The van der Waals surface area contributed by atoms with E-state index in [4.69, 9.17) is 66.4 Å². The van der Waals surface area contributed by atoms with Crippen molar-refractivity contribution in [2.75, 3.05) is 74.1 Å². The van der Waals surface area contributed by atoms with E-state index in [0.717, 1.165) is 24.6 Å². The van der Waals surface area contributed by atoms with Gasteiger partial charge in [-0.1, -0.05) is 88.2 Å². The number of ether oxygens (including phenoxy) is 13. The number of fused-ring (bicyclic) bond motifs is 2. The Morgan fingerprint density at radius 2 is 1.59 bits per heavy atom. The molecule has 0 saturated carbocycles. The van der Waals surface area contributed by atoms with Gasteiger partial charge in [0.15, 0.2) is 41.8 Å². The second-order valence-electron chi connectivity index (χ2n) is 24.0. The SMILES string of the molecule is CCN[C@H]1CO[C@@H](O[C@H]2[C@H](O[C@H]3C#C/C=C/C#C[C@]4(O)CC(=O)C(NC(=O)OC)=C3/C4=C\CSSC(C)(C)CNCCOc3ccccc3)O[C@H](C)[C@@H](NO[C@H]3C[C@H](O)[C@H](SC(=O)c4c(C)c(I)c(O[C@@H]5O[C@@H](C)[C@H](O)[C@@H](OC)[C@H]5O)c(OC)c4OC)[C@@H](C)O3)[C@@H]2O)C[C@@H]1OC. The Hall–Kier alpha value is -4.31. The van der Waals surface area contributed by atoms with Crippen molar-refractivity contribution in [2.45, 2.75) is 188 Å². The van der Waals surface area contributed by atoms with Crippen LogP contribution in [0.3, 0.4) is 0 Å². The number of carbonyl (C=O) groups is 3. The third-order valence-electron chi connectivity index (χ3n) is 16.8. The van der Waals surface area contributed by atoms with Crippen LogP contribution in [0.15, 0.2) is 65.4 Å². The molecule has 2 aromatic rings. The average molecular weight is 1510 g/mol. The summed E-state index contributed by atoms with van der Waals surface area (Å²) >= 11 is 2.83. The average Bonchev–Trinajstić information content (AvgIpc) is 0.794. The van der Waals surface area contributed by atoms with E-state index < -0.39 is 127 Å². The van der Waals surface area contributed by atoms with Gasteiger partial charge in [-0.25, -0.2) is 4.79 Å². The molecule has 4 fully saturated rings. The number of hydrogen-bond donors (Lipinski definition) is 9. The van der Waals surface area contributed by atoms with Crippen molar-refractivity contribution >= 4 is 72.9 Å². The van der Waals surface area contributed by atoms with E-state index in [-0.39, 0.29) is 81.7 Å². The summed E-state index contributed by atoms with van der Waals surface area (Å²) in [4.78, 5) is 48.2. The molecular weight excluding hydrogens is 1420 g/mol. The highest BCUT2D eigenvalue weighted by Gasteiger charge is 2.52. The van der Waals surface area contributed by atoms with Crippen LogP contribution in [0.4, 0.5) is 4.79 Å². The van der Waals surface area contributed by atoms with E-state index in [1.807, 2.05) is 59.8 Å². The summed E-state index contributed by atoms with van der Waals surface area (Å²) in [6.07, 6.45) is -14.1. The Morgan fingerprint density at radius 3 is 2.28 bits per heavy atom. The fourth-order valence-corrected chi connectivity index (χ4v) is 15.9. The zero-order valence-electron chi connectivity index (χ0n) is 55.7. The van der Waals surface area contributed by atoms with Gasteiger partial charge in [0.25, 0.3) is 0 Å². The predicted molar refractivity (Wildman–Crippen MR) is 365 cm³/mol. The number of aliphatic hydroxyl groups is 5. The van der Waals surface area contributed by atoms with Gasteiger partial charge in [0.1, 0.15) is 49.0 Å². The Kier molecular flexibility index (Phi) is 28.9. The monoisotopic (exact) mass is 1510 g/mol. The molecule has 4 aliphatic heterocycles. The molecule has 0 unspecified atom stereocenters. The van der Waals surface area contributed by atoms with E-state index in [1.165, 1.54) is 44.3 Å². The predicted octanol–water partition coefficient (Wildman–Crippen LogP) is 4.37. The molecule has 0 spiro atoms. The Labute approximate surface area is 585 Å². The number of ketones is 1. The fraction of sp³-hybridized carbons (Fsp3) is 0.621. The van der Waals surface area contributed by atoms with Gasteiger partial charge in [0.05, 0.1) is 97.0 Å². The molecule has 30 heteroatoms. The molecule has 1 amide bonds. The molecule has 0 aromatic heterocycles. The number of amides is 1. The molecule has 530 valence electrons. The van der Waals surface area contributed by atoms with Crippen LogP contribution >= 0.6 is 55.9 Å². The topological polar surface area (TPSA) is 330 Å². The number of hydrogen-bond acceptors (Lipinski definition) is 28. The molecule has 6 aliphatic rings. The number of halogens is 1. The first kappa shape index (κ1) is 77.4. The molecule has 2 aromatic carbocycles. The maximum absolute atomic E-state index is 14.5. The third-order valence-corrected chi connectivity index (χ3v) is 22.6. The van der Waals surface area contributed by atoms with Crippen LogP contribution in [0, 0.1) is 34.2 Å². The van der Waals surface area contributed by atoms with Crippen LogP contribution in [0.2, 0.25) is 0 Å². The van der Waals surface area contributed by atoms with Gasteiger partial charge in [-0.15, -0.1) is 0 Å². The maximum atomic E-state index is 14.5. The summed E-state index contributed by atoms with van der Waals surface area (Å²) in [5.41, 5.74) is 1.19. The molecule has 2 bridgehead atoms. The summed E-state index contributed by atoms with van der Waals surface area (Å²) < 4.78 is 78.7. The molecule has 8 rings (SSSR count). The van der Waals surface area contributed by atoms with Gasteiger partial charge in [0, 0.05) is 61.8 Å². The minimum absolute atomic E-state index is 0.0225. The van der Waals surface area contributed by atoms with Gasteiger partial charge in [-0.05, 0) is 101 Å². The van der Waals surface area contributed by atoms with Crippen molar-refractivity contribution in [3.63, 3.8) is 0 Å². The number of likely N-dealkylation sites (N-methyl/N-ethyl adjacent to an activating group) is 1. The number of hydroxylamine groups is 1. The quantitative estimate of drug-likeness (QED) is 0.0188. The summed E-state index contributed by atoms with van der Waals surface area (Å²) in [6.45, 7) is 15.3. The number of carbonyl (C=O) groups excluding carboxylic acids is 3. The molecular formula is C66H89IN4O22S3. The van der Waals surface area contributed by atoms with Crippen molar-refractivity contribution < 1.29 is 106 Å². The van der Waals surface area contributed by atoms with E-state index in [9.17, 15) is 39.9 Å². The van der Waals surface area contributed by atoms with Gasteiger partial charge >= 0.3 is 6.09 Å². The molecule has 96 heavy (non-hydrogen) atoms. The zero-order valence-corrected chi connectivity index (χ0v) is 60.3. The number of thioether (sulfide) groups is 1. The Balaban J connectivity index is 1.01. The van der Waals surface area contributed by atoms with E-state index >= 15 is 0 Å². The summed E-state index contributed by atoms with van der Waals surface area (Å²) in [7, 11) is 9.89. The molecule has 0 radical (unpaired) electrons. The van der Waals surface area contributed by atoms with Gasteiger partial charge in [0.2, 0.25) is 17.2 Å². The largest absolute Gasteiger partial charge is 0.492 e. The standard InChI is InChI=1S/C66H89IN4O22S3/c1-13-69-40-32-86-45(30-44(40)80-8)91-58-53(75)50(71-93-46-29-41(72)60(37(5)87-46)95-61(77)47-34(2)49(67)56(59(83-11)55(47)81-9)92-62-54(76)57(82-10)52(74)36(4)89-62)35(3)88-63(58)90-43-23-19-14-15-20-25-66(79)31-42(73)51(70-64(78)84-12)48(43)39(66)24-28-94-96-65(6,7)33-68-26-27-85-38-21-17-16-18-22-38/h14-18,21-22,24,35-37,40-41,43-46,50,52-54,57-58,60,62-63,68-69,71-72,74-76,79H,13,26-33H2,1-12H3,(H,70,78)/b15-14+,39-24+/t35-,36+,37-,40+,41+,43+,44+,45+,46+,50-,52+,53+,54-,57-,58-,60-,62+,63+,66+/m1/s1. The number of Topliss-reactive ketones (excluding diaryl/α,β-unsaturated/α-hetero) is 1. The molecule has 19 atom stereocenters. The Bertz CT molecular complexity index is 3210. The van der Waals surface area contributed by atoms with Crippen LogP contribution in [0.25, 0.3) is 0 Å². The van der Waals surface area contributed by atoms with Gasteiger partial charge < -0.3 is 97.7 Å². The number of benzene rings is 2. The van der Waals surface area contributed by atoms with Crippen molar-refractivity contribution in [1.29, 1.82) is 0 Å². The van der Waals surface area contributed by atoms with Crippen LogP contribution < -0.4 is 40.4 Å². The minimum Gasteiger partial charge on any atom is -0.492 e. The minimum atomic E-state index is -2.11. The molecule has 4 saturated heterocycles. The number of methoxy groups -OCH3 is 5. The van der Waals surface area contributed by atoms with Crippen LogP contribution in [0.1, 0.15) is 76.7 Å². The zero-order chi connectivity index (χ0) is 69.6. The van der Waals surface area contributed by atoms with Gasteiger partial charge in [-0.3, -0.25) is 19.7 Å². The molecule has 4 heterocycles. The van der Waals surface area contributed by atoms with Crippen molar-refractivity contribution in [1.82, 2.24) is 21.4 Å². The number of aliphatic hydroxyl groups excluding tert-OH is 4. The molecule has 26 nitrogen and oxygen atoms in total. The van der Waals surface area contributed by atoms with Crippen molar-refractivity contribution in [3.8, 4) is 46.7 Å². The normalized spacial score (nSPS) is 33.0. The first-order valence-electron chi connectivity index (χ1n) is 31.5. The lowest BCUT2D eigenvalue weighted by atomic mass is 9.75. The maximum Gasteiger partial charge on any atom is 0.411 e. The van der Waals surface area contributed by atoms with Crippen molar-refractivity contribution in [3.05, 3.63) is 80.1 Å².